The minimum absolute atomic E-state index is 0.115. The molecule has 1 aliphatic carbocycles. The van der Waals surface area contributed by atoms with Crippen LogP contribution in [-0.4, -0.2) is 70.0 Å². The Balaban J connectivity index is 1.44. The Morgan fingerprint density at radius 3 is 2.18 bits per heavy atom. The zero-order chi connectivity index (χ0) is 36.2. The lowest BCUT2D eigenvalue weighted by molar-refractivity contribution is -0.188. The number of hydrogen-bond donors (Lipinski definition) is 0. The fourth-order valence-corrected chi connectivity index (χ4v) is 7.13. The van der Waals surface area contributed by atoms with Gasteiger partial charge in [-0.05, 0) is 97.9 Å². The van der Waals surface area contributed by atoms with Crippen LogP contribution in [0, 0.1) is 23.7 Å². The number of aromatic nitrogens is 1. The van der Waals surface area contributed by atoms with Gasteiger partial charge in [0.05, 0.1) is 18.5 Å². The maximum absolute atomic E-state index is 14.0. The summed E-state index contributed by atoms with van der Waals surface area (Å²) in [5.74, 6) is -0.912. The molecule has 0 N–H and O–H groups in total. The van der Waals surface area contributed by atoms with Gasteiger partial charge in [0, 0.05) is 23.6 Å². The third-order valence-corrected chi connectivity index (χ3v) is 10.3. The van der Waals surface area contributed by atoms with Crippen LogP contribution in [0.4, 0.5) is 15.4 Å². The molecule has 2 aromatic rings. The highest BCUT2D eigenvalue weighted by atomic mass is 16.6. The highest BCUT2D eigenvalue weighted by Crippen LogP contribution is 2.66. The molecule has 49 heavy (non-hydrogen) atoms. The molecule has 5 rings (SSSR count). The second kappa shape index (κ2) is 12.6. The molecule has 2 saturated heterocycles. The van der Waals surface area contributed by atoms with Crippen molar-refractivity contribution in [3.8, 4) is 0 Å². The van der Waals surface area contributed by atoms with E-state index >= 15 is 0 Å². The van der Waals surface area contributed by atoms with Crippen molar-refractivity contribution < 1.29 is 38.1 Å². The number of likely N-dealkylation sites (tertiary alicyclic amines) is 1. The molecule has 1 saturated carbocycles. The monoisotopic (exact) mass is 677 g/mol. The summed E-state index contributed by atoms with van der Waals surface area (Å²) in [5, 5.41) is 0. The Morgan fingerprint density at radius 1 is 0.959 bits per heavy atom. The lowest BCUT2D eigenvalue weighted by Gasteiger charge is -2.35. The van der Waals surface area contributed by atoms with Crippen LogP contribution in [-0.2, 0) is 41.5 Å². The average molecular weight is 678 g/mol. The van der Waals surface area contributed by atoms with E-state index in [-0.39, 0.29) is 31.5 Å². The molecule has 2 bridgehead atoms. The number of carbonyl (C=O) groups is 4. The van der Waals surface area contributed by atoms with E-state index in [0.29, 0.717) is 30.8 Å². The summed E-state index contributed by atoms with van der Waals surface area (Å²) in [6.45, 7) is 19.0. The van der Waals surface area contributed by atoms with Crippen LogP contribution in [0.5, 0.6) is 0 Å². The van der Waals surface area contributed by atoms with E-state index in [1.165, 1.54) is 4.90 Å². The molecule has 2 aliphatic heterocycles. The second-order valence-corrected chi connectivity index (χ2v) is 16.5. The first-order valence-electron chi connectivity index (χ1n) is 17.1. The number of pyridine rings is 1. The first kappa shape index (κ1) is 36.1. The molecule has 1 aromatic carbocycles. The van der Waals surface area contributed by atoms with Gasteiger partial charge in [0.1, 0.15) is 23.1 Å². The molecule has 3 fully saturated rings. The summed E-state index contributed by atoms with van der Waals surface area (Å²) >= 11 is 0. The van der Waals surface area contributed by atoms with Gasteiger partial charge in [-0.2, -0.15) is 0 Å². The highest BCUT2D eigenvalue weighted by molar-refractivity contribution is 5.93. The third kappa shape index (κ3) is 7.12. The molecule has 3 heterocycles. The van der Waals surface area contributed by atoms with Gasteiger partial charge in [-0.15, -0.1) is 0 Å². The minimum Gasteiger partial charge on any atom is -0.457 e. The van der Waals surface area contributed by atoms with E-state index in [0.717, 1.165) is 11.1 Å². The van der Waals surface area contributed by atoms with Gasteiger partial charge in [-0.3, -0.25) is 9.69 Å². The number of rotatable bonds is 7. The molecular formula is C38H51N3O8. The number of anilines is 1. The quantitative estimate of drug-likeness (QED) is 0.231. The highest BCUT2D eigenvalue weighted by Gasteiger charge is 2.76. The van der Waals surface area contributed by atoms with Crippen LogP contribution >= 0.6 is 0 Å². The maximum Gasteiger partial charge on any atom is 0.416 e. The number of hydrogen-bond acceptors (Lipinski definition) is 9. The Morgan fingerprint density at radius 2 is 1.61 bits per heavy atom. The Labute approximate surface area is 289 Å². The topological polar surface area (TPSA) is 125 Å². The first-order valence-corrected chi connectivity index (χ1v) is 17.1. The SMILES string of the molecule is Cc1cc(C[C@H]2CN(C(=O)OC(C)(C)C)C[C@H]2OC(=O)[C@@]23CC[C@@](C)(C(=O)O2)C3(C)C)nc(N(Cc2ccccc2)C(=O)OC(C)(C)C)c1. The maximum atomic E-state index is 14.0. The molecule has 0 radical (unpaired) electrons. The second-order valence-electron chi connectivity index (χ2n) is 16.5. The smallest absolute Gasteiger partial charge is 0.416 e. The lowest BCUT2D eigenvalue weighted by Crippen LogP contribution is -2.50. The molecule has 0 unspecified atom stereocenters. The van der Waals surface area contributed by atoms with Gasteiger partial charge in [0.2, 0.25) is 5.60 Å². The van der Waals surface area contributed by atoms with Crippen molar-refractivity contribution in [2.45, 2.75) is 118 Å². The van der Waals surface area contributed by atoms with Gasteiger partial charge >= 0.3 is 24.1 Å². The number of nitrogens with zero attached hydrogens (tertiary/aromatic N) is 3. The number of benzene rings is 1. The van der Waals surface area contributed by atoms with E-state index in [4.69, 9.17) is 23.9 Å². The van der Waals surface area contributed by atoms with Crippen molar-refractivity contribution in [1.82, 2.24) is 9.88 Å². The van der Waals surface area contributed by atoms with Gasteiger partial charge < -0.3 is 23.8 Å². The van der Waals surface area contributed by atoms with Gasteiger partial charge in [-0.25, -0.2) is 19.4 Å². The molecule has 11 heteroatoms. The molecule has 4 atom stereocenters. The first-order chi connectivity index (χ1) is 22.6. The summed E-state index contributed by atoms with van der Waals surface area (Å²) in [4.78, 5) is 61.7. The van der Waals surface area contributed by atoms with Crippen molar-refractivity contribution in [2.24, 2.45) is 16.7 Å². The summed E-state index contributed by atoms with van der Waals surface area (Å²) in [6, 6.07) is 13.4. The van der Waals surface area contributed by atoms with E-state index in [1.807, 2.05) is 90.9 Å². The number of carbonyl (C=O) groups excluding carboxylic acids is 4. The van der Waals surface area contributed by atoms with E-state index in [9.17, 15) is 19.2 Å². The van der Waals surface area contributed by atoms with E-state index < -0.39 is 51.9 Å². The normalized spacial score (nSPS) is 25.9. The van der Waals surface area contributed by atoms with Gasteiger partial charge in [0.25, 0.3) is 0 Å². The van der Waals surface area contributed by atoms with Crippen molar-refractivity contribution in [3.63, 3.8) is 0 Å². The fourth-order valence-electron chi connectivity index (χ4n) is 7.13. The van der Waals surface area contributed by atoms with Crippen LogP contribution in [0.3, 0.4) is 0 Å². The van der Waals surface area contributed by atoms with Crippen molar-refractivity contribution in [1.29, 1.82) is 0 Å². The van der Waals surface area contributed by atoms with Crippen LogP contribution < -0.4 is 4.90 Å². The standard InChI is InChI=1S/C38H51N3O8/c1-24-18-27(39-29(19-24)41(33(45)49-35(5,6)7)21-25-14-12-11-13-15-25)20-26-22-40(32(44)48-34(2,3)4)23-28(26)46-31(43)38-17-16-37(10,30(42)47-38)36(38,8)9/h11-15,18-19,26,28H,16-17,20-23H2,1-10H3/t26-,28+,37-,38+/m0/s1. The van der Waals surface area contributed by atoms with Crippen LogP contribution in [0.25, 0.3) is 0 Å². The number of ether oxygens (including phenoxy) is 4. The van der Waals surface area contributed by atoms with Crippen LogP contribution in [0.2, 0.25) is 0 Å². The van der Waals surface area contributed by atoms with Gasteiger partial charge in [0.15, 0.2) is 0 Å². The Hall–Kier alpha value is -4.15. The number of aryl methyl sites for hydroxylation is 1. The number of esters is 2. The Kier molecular flexibility index (Phi) is 9.31. The molecule has 0 spiro atoms. The minimum atomic E-state index is -1.40. The molecule has 3 aliphatic rings. The third-order valence-electron chi connectivity index (χ3n) is 10.3. The molecule has 266 valence electrons. The van der Waals surface area contributed by atoms with Crippen LogP contribution in [0.1, 0.15) is 92.0 Å². The van der Waals surface area contributed by atoms with E-state index in [1.54, 1.807) is 25.7 Å². The predicted molar refractivity (Wildman–Crippen MR) is 183 cm³/mol. The fraction of sp³-hybridized carbons (Fsp3) is 0.605. The number of amides is 2. The van der Waals surface area contributed by atoms with Crippen molar-refractivity contribution in [2.75, 3.05) is 18.0 Å². The van der Waals surface area contributed by atoms with Gasteiger partial charge in [-0.1, -0.05) is 44.2 Å². The summed E-state index contributed by atoms with van der Waals surface area (Å²) in [7, 11) is 0. The zero-order valence-electron chi connectivity index (χ0n) is 30.5. The summed E-state index contributed by atoms with van der Waals surface area (Å²) in [5.41, 5.74) is -1.95. The zero-order valence-corrected chi connectivity index (χ0v) is 30.5. The van der Waals surface area contributed by atoms with Crippen LogP contribution in [0.15, 0.2) is 42.5 Å². The molecule has 2 amide bonds. The van der Waals surface area contributed by atoms with Crippen molar-refractivity contribution >= 4 is 29.9 Å². The van der Waals surface area contributed by atoms with E-state index in [2.05, 4.69) is 0 Å². The summed E-state index contributed by atoms with van der Waals surface area (Å²) < 4.78 is 23.5. The molecule has 11 nitrogen and oxygen atoms in total. The molecular weight excluding hydrogens is 626 g/mol. The average Bonchev–Trinajstić information content (AvgIpc) is 3.51. The summed E-state index contributed by atoms with van der Waals surface area (Å²) in [6.07, 6.45) is -0.507. The number of fused-ring (bicyclic) bond motifs is 2. The Bertz CT molecular complexity index is 1610. The molecule has 1 aromatic heterocycles. The predicted octanol–water partition coefficient (Wildman–Crippen LogP) is 6.77. The largest absolute Gasteiger partial charge is 0.457 e. The van der Waals surface area contributed by atoms with Crippen molar-refractivity contribution in [3.05, 3.63) is 59.3 Å². The lowest BCUT2D eigenvalue weighted by atomic mass is 9.66.